The SMILES string of the molecule is CCC(N=Nc1ccc(F)c(F)c1)c1cccnc1. The van der Waals surface area contributed by atoms with Crippen LogP contribution < -0.4 is 0 Å². The van der Waals surface area contributed by atoms with Crippen molar-refractivity contribution < 1.29 is 8.78 Å². The van der Waals surface area contributed by atoms with Crippen molar-refractivity contribution in [3.05, 3.63) is 59.9 Å². The van der Waals surface area contributed by atoms with E-state index in [-0.39, 0.29) is 6.04 Å². The minimum Gasteiger partial charge on any atom is -0.264 e. The van der Waals surface area contributed by atoms with Crippen LogP contribution >= 0.6 is 0 Å². The molecule has 0 radical (unpaired) electrons. The van der Waals surface area contributed by atoms with Gasteiger partial charge in [0.2, 0.25) is 0 Å². The van der Waals surface area contributed by atoms with Gasteiger partial charge in [0.25, 0.3) is 0 Å². The highest BCUT2D eigenvalue weighted by molar-refractivity contribution is 5.36. The molecule has 3 nitrogen and oxygen atoms in total. The molecule has 5 heteroatoms. The Hall–Kier alpha value is -2.17. The number of pyridine rings is 1. The van der Waals surface area contributed by atoms with Crippen LogP contribution in [0.3, 0.4) is 0 Å². The summed E-state index contributed by atoms with van der Waals surface area (Å²) in [4.78, 5) is 4.02. The van der Waals surface area contributed by atoms with E-state index in [2.05, 4.69) is 15.2 Å². The first-order chi connectivity index (χ1) is 9.20. The van der Waals surface area contributed by atoms with Crippen molar-refractivity contribution in [3.63, 3.8) is 0 Å². The first-order valence-corrected chi connectivity index (χ1v) is 5.96. The molecule has 0 amide bonds. The van der Waals surface area contributed by atoms with Crippen LogP contribution in [0, 0.1) is 11.6 Å². The summed E-state index contributed by atoms with van der Waals surface area (Å²) in [6.45, 7) is 1.97. The molecule has 0 spiro atoms. The Labute approximate surface area is 110 Å². The number of benzene rings is 1. The van der Waals surface area contributed by atoms with Gasteiger partial charge in [-0.25, -0.2) is 8.78 Å². The van der Waals surface area contributed by atoms with Gasteiger partial charge in [-0.15, -0.1) is 0 Å². The van der Waals surface area contributed by atoms with Gasteiger partial charge in [-0.05, 0) is 30.2 Å². The lowest BCUT2D eigenvalue weighted by atomic mass is 10.1. The molecule has 98 valence electrons. The molecule has 0 fully saturated rings. The molecule has 1 aromatic carbocycles. The predicted molar refractivity (Wildman–Crippen MR) is 68.1 cm³/mol. The summed E-state index contributed by atoms with van der Waals surface area (Å²) in [5.41, 5.74) is 1.23. The molecular formula is C14H13F2N3. The van der Waals surface area contributed by atoms with E-state index in [1.54, 1.807) is 12.4 Å². The molecule has 2 aromatic rings. The Morgan fingerprint density at radius 1 is 1.21 bits per heavy atom. The minimum absolute atomic E-state index is 0.137. The number of nitrogens with zero attached hydrogens (tertiary/aromatic N) is 3. The number of halogens is 2. The van der Waals surface area contributed by atoms with Crippen molar-refractivity contribution in [2.75, 3.05) is 0 Å². The molecule has 1 aromatic heterocycles. The van der Waals surface area contributed by atoms with Crippen LogP contribution in [0.25, 0.3) is 0 Å². The summed E-state index contributed by atoms with van der Waals surface area (Å²) in [6, 6.07) is 7.04. The number of hydrogen-bond acceptors (Lipinski definition) is 3. The average Bonchev–Trinajstić information content (AvgIpc) is 2.44. The predicted octanol–water partition coefficient (Wildman–Crippen LogP) is 4.59. The van der Waals surface area contributed by atoms with Crippen molar-refractivity contribution in [2.45, 2.75) is 19.4 Å². The second-order valence-corrected chi connectivity index (χ2v) is 4.02. The van der Waals surface area contributed by atoms with Gasteiger partial charge >= 0.3 is 0 Å². The van der Waals surface area contributed by atoms with Crippen LogP contribution in [-0.2, 0) is 0 Å². The fraction of sp³-hybridized carbons (Fsp3) is 0.214. The van der Waals surface area contributed by atoms with Crippen LogP contribution in [0.15, 0.2) is 53.0 Å². The summed E-state index contributed by atoms with van der Waals surface area (Å²) in [7, 11) is 0. The van der Waals surface area contributed by atoms with Gasteiger partial charge in [-0.3, -0.25) is 4.98 Å². The van der Waals surface area contributed by atoms with Gasteiger partial charge in [0, 0.05) is 18.5 Å². The summed E-state index contributed by atoms with van der Waals surface area (Å²) in [5.74, 6) is -1.82. The molecule has 1 unspecified atom stereocenters. The maximum absolute atomic E-state index is 13.0. The molecule has 0 bridgehead atoms. The van der Waals surface area contributed by atoms with Gasteiger partial charge in [-0.2, -0.15) is 10.2 Å². The molecule has 0 aliphatic rings. The van der Waals surface area contributed by atoms with Crippen LogP contribution in [0.1, 0.15) is 24.9 Å². The lowest BCUT2D eigenvalue weighted by Crippen LogP contribution is -1.93. The monoisotopic (exact) mass is 261 g/mol. The first-order valence-electron chi connectivity index (χ1n) is 5.96. The highest BCUT2D eigenvalue weighted by atomic mass is 19.2. The lowest BCUT2D eigenvalue weighted by molar-refractivity contribution is 0.508. The third kappa shape index (κ3) is 3.40. The Morgan fingerprint density at radius 2 is 2.05 bits per heavy atom. The van der Waals surface area contributed by atoms with Crippen LogP contribution in [-0.4, -0.2) is 4.98 Å². The number of rotatable bonds is 4. The standard InChI is InChI=1S/C14H13F2N3/c1-2-14(10-4-3-7-17-9-10)19-18-11-5-6-12(15)13(16)8-11/h3-9,14H,2H2,1H3. The van der Waals surface area contributed by atoms with E-state index in [1.165, 1.54) is 6.07 Å². The Balaban J connectivity index is 2.18. The quantitative estimate of drug-likeness (QED) is 0.741. The fourth-order valence-electron chi connectivity index (χ4n) is 1.64. The van der Waals surface area contributed by atoms with E-state index in [1.807, 2.05) is 19.1 Å². The topological polar surface area (TPSA) is 37.6 Å². The molecule has 0 aliphatic heterocycles. The molecule has 0 N–H and O–H groups in total. The highest BCUT2D eigenvalue weighted by Gasteiger charge is 2.08. The van der Waals surface area contributed by atoms with Crippen molar-refractivity contribution in [1.82, 2.24) is 4.98 Å². The summed E-state index contributed by atoms with van der Waals surface area (Å²) >= 11 is 0. The summed E-state index contributed by atoms with van der Waals surface area (Å²) in [6.07, 6.45) is 4.15. The number of hydrogen-bond donors (Lipinski definition) is 0. The van der Waals surface area contributed by atoms with E-state index >= 15 is 0 Å². The maximum Gasteiger partial charge on any atom is 0.161 e. The van der Waals surface area contributed by atoms with Crippen molar-refractivity contribution in [2.24, 2.45) is 10.2 Å². The summed E-state index contributed by atoms with van der Waals surface area (Å²) < 4.78 is 25.8. The lowest BCUT2D eigenvalue weighted by Gasteiger charge is -2.07. The molecule has 0 aliphatic carbocycles. The molecule has 1 heterocycles. The Bertz CT molecular complexity index is 570. The smallest absolute Gasteiger partial charge is 0.161 e. The average molecular weight is 261 g/mol. The number of azo groups is 1. The van der Waals surface area contributed by atoms with E-state index < -0.39 is 11.6 Å². The van der Waals surface area contributed by atoms with Crippen LogP contribution in [0.5, 0.6) is 0 Å². The van der Waals surface area contributed by atoms with Crippen LogP contribution in [0.2, 0.25) is 0 Å². The molecule has 2 rings (SSSR count). The third-order valence-electron chi connectivity index (χ3n) is 2.67. The van der Waals surface area contributed by atoms with E-state index in [0.29, 0.717) is 5.69 Å². The highest BCUT2D eigenvalue weighted by Crippen LogP contribution is 2.23. The van der Waals surface area contributed by atoms with Crippen molar-refractivity contribution in [1.29, 1.82) is 0 Å². The van der Waals surface area contributed by atoms with Gasteiger partial charge < -0.3 is 0 Å². The first kappa shape index (κ1) is 13.3. The molecule has 1 atom stereocenters. The fourth-order valence-corrected chi connectivity index (χ4v) is 1.64. The van der Waals surface area contributed by atoms with Gasteiger partial charge in [0.05, 0.1) is 11.7 Å². The van der Waals surface area contributed by atoms with E-state index in [9.17, 15) is 8.78 Å². The van der Waals surface area contributed by atoms with Gasteiger partial charge in [0.1, 0.15) is 0 Å². The zero-order valence-corrected chi connectivity index (χ0v) is 10.4. The maximum atomic E-state index is 13.0. The summed E-state index contributed by atoms with van der Waals surface area (Å²) in [5, 5.41) is 8.10. The van der Waals surface area contributed by atoms with Gasteiger partial charge in [0.15, 0.2) is 11.6 Å². The van der Waals surface area contributed by atoms with E-state index in [4.69, 9.17) is 0 Å². The third-order valence-corrected chi connectivity index (χ3v) is 2.67. The zero-order chi connectivity index (χ0) is 13.7. The zero-order valence-electron chi connectivity index (χ0n) is 10.4. The normalized spacial score (nSPS) is 12.8. The van der Waals surface area contributed by atoms with E-state index in [0.717, 1.165) is 24.1 Å². The van der Waals surface area contributed by atoms with Gasteiger partial charge in [-0.1, -0.05) is 13.0 Å². The van der Waals surface area contributed by atoms with Crippen molar-refractivity contribution >= 4 is 5.69 Å². The van der Waals surface area contributed by atoms with Crippen molar-refractivity contribution in [3.8, 4) is 0 Å². The Kier molecular flexibility index (Phi) is 4.28. The Morgan fingerprint density at radius 3 is 2.68 bits per heavy atom. The minimum atomic E-state index is -0.925. The molecular weight excluding hydrogens is 248 g/mol. The number of aromatic nitrogens is 1. The molecule has 0 saturated heterocycles. The second-order valence-electron chi connectivity index (χ2n) is 4.02. The van der Waals surface area contributed by atoms with Crippen LogP contribution in [0.4, 0.5) is 14.5 Å². The largest absolute Gasteiger partial charge is 0.264 e. The molecule has 0 saturated carbocycles. The molecule has 19 heavy (non-hydrogen) atoms. The second kappa shape index (κ2) is 6.13.